The maximum absolute atomic E-state index is 13.9. The Morgan fingerprint density at radius 2 is 1.96 bits per heavy atom. The van der Waals surface area contributed by atoms with Gasteiger partial charge in [0.15, 0.2) is 0 Å². The number of urea groups is 1. The van der Waals surface area contributed by atoms with Crippen molar-refractivity contribution < 1.29 is 23.5 Å². The standard InChI is InChI=1S/C17H19FN2O4/c1-4-10-6-11(18)7-13-12(10)8-14(15(13)16(22)24-5-2)20-17(23)19-9(3)21/h6-7H,4-5,8H2,1-3H3,(H2,19,20,21,23). The van der Waals surface area contributed by atoms with Crippen LogP contribution in [0.2, 0.25) is 0 Å². The molecule has 128 valence electrons. The van der Waals surface area contributed by atoms with Crippen LogP contribution in [0.15, 0.2) is 17.8 Å². The van der Waals surface area contributed by atoms with E-state index in [4.69, 9.17) is 4.74 Å². The van der Waals surface area contributed by atoms with Crippen molar-refractivity contribution in [2.75, 3.05) is 6.61 Å². The van der Waals surface area contributed by atoms with Crippen LogP contribution in [0.1, 0.15) is 37.5 Å². The smallest absolute Gasteiger partial charge is 0.340 e. The third-order valence-corrected chi connectivity index (χ3v) is 3.65. The highest BCUT2D eigenvalue weighted by atomic mass is 19.1. The van der Waals surface area contributed by atoms with Gasteiger partial charge in [0.25, 0.3) is 0 Å². The van der Waals surface area contributed by atoms with Crippen LogP contribution >= 0.6 is 0 Å². The molecule has 0 unspecified atom stereocenters. The molecule has 7 heteroatoms. The van der Waals surface area contributed by atoms with Crippen LogP contribution < -0.4 is 10.6 Å². The van der Waals surface area contributed by atoms with E-state index in [2.05, 4.69) is 10.6 Å². The zero-order valence-corrected chi connectivity index (χ0v) is 13.8. The molecule has 2 rings (SSSR count). The minimum Gasteiger partial charge on any atom is -0.462 e. The van der Waals surface area contributed by atoms with E-state index in [9.17, 15) is 18.8 Å². The SMILES string of the molecule is CCOC(=O)C1=C(NC(=O)NC(C)=O)Cc2c(CC)cc(F)cc21. The summed E-state index contributed by atoms with van der Waals surface area (Å²) in [6.45, 7) is 4.90. The highest BCUT2D eigenvalue weighted by Gasteiger charge is 2.31. The number of esters is 1. The Balaban J connectivity index is 2.46. The summed E-state index contributed by atoms with van der Waals surface area (Å²) in [4.78, 5) is 35.1. The summed E-state index contributed by atoms with van der Waals surface area (Å²) < 4.78 is 18.9. The molecular formula is C17H19FN2O4. The fourth-order valence-corrected chi connectivity index (χ4v) is 2.74. The molecule has 0 bridgehead atoms. The molecule has 0 heterocycles. The lowest BCUT2D eigenvalue weighted by atomic mass is 9.98. The molecule has 3 amide bonds. The number of allylic oxidation sites excluding steroid dienone is 1. The average Bonchev–Trinajstić information content (AvgIpc) is 2.83. The summed E-state index contributed by atoms with van der Waals surface area (Å²) in [5, 5.41) is 4.58. The summed E-state index contributed by atoms with van der Waals surface area (Å²) in [5.74, 6) is -1.62. The first kappa shape index (κ1) is 17.7. The molecule has 0 aliphatic heterocycles. The number of hydrogen-bond donors (Lipinski definition) is 2. The summed E-state index contributed by atoms with van der Waals surface area (Å²) in [6.07, 6.45) is 0.849. The number of rotatable bonds is 4. The maximum Gasteiger partial charge on any atom is 0.340 e. The number of halogens is 1. The van der Waals surface area contributed by atoms with Crippen LogP contribution in [-0.2, 0) is 27.2 Å². The summed E-state index contributed by atoms with van der Waals surface area (Å²) in [7, 11) is 0. The molecule has 0 atom stereocenters. The molecular weight excluding hydrogens is 315 g/mol. The molecule has 0 spiro atoms. The molecule has 1 aromatic rings. The lowest BCUT2D eigenvalue weighted by molar-refractivity contribution is -0.136. The van der Waals surface area contributed by atoms with Gasteiger partial charge in [-0.2, -0.15) is 0 Å². The van der Waals surface area contributed by atoms with Crippen molar-refractivity contribution in [1.82, 2.24) is 10.6 Å². The van der Waals surface area contributed by atoms with Crippen LogP contribution in [-0.4, -0.2) is 24.5 Å². The number of carbonyl (C=O) groups excluding carboxylic acids is 3. The van der Waals surface area contributed by atoms with E-state index in [1.54, 1.807) is 6.92 Å². The number of hydrogen-bond acceptors (Lipinski definition) is 4. The summed E-state index contributed by atoms with van der Waals surface area (Å²) in [5.41, 5.74) is 2.38. The molecule has 1 aliphatic carbocycles. The lowest BCUT2D eigenvalue weighted by Crippen LogP contribution is -2.38. The van der Waals surface area contributed by atoms with Crippen molar-refractivity contribution >= 4 is 23.5 Å². The molecule has 0 saturated carbocycles. The Bertz CT molecular complexity index is 740. The fraction of sp³-hybridized carbons (Fsp3) is 0.353. The first-order valence-electron chi connectivity index (χ1n) is 7.67. The van der Waals surface area contributed by atoms with Gasteiger partial charge in [0, 0.05) is 19.0 Å². The van der Waals surface area contributed by atoms with E-state index in [0.29, 0.717) is 17.7 Å². The number of amides is 3. The number of imide groups is 1. The van der Waals surface area contributed by atoms with E-state index < -0.39 is 23.7 Å². The van der Waals surface area contributed by atoms with Crippen LogP contribution in [0.3, 0.4) is 0 Å². The summed E-state index contributed by atoms with van der Waals surface area (Å²) >= 11 is 0. The Morgan fingerprint density at radius 1 is 1.25 bits per heavy atom. The second-order valence-electron chi connectivity index (χ2n) is 5.33. The van der Waals surface area contributed by atoms with Crippen molar-refractivity contribution in [2.24, 2.45) is 0 Å². The van der Waals surface area contributed by atoms with Crippen molar-refractivity contribution in [1.29, 1.82) is 0 Å². The van der Waals surface area contributed by atoms with Crippen LogP contribution in [0.5, 0.6) is 0 Å². The first-order chi connectivity index (χ1) is 11.4. The van der Waals surface area contributed by atoms with Crippen LogP contribution in [0.25, 0.3) is 5.57 Å². The predicted molar refractivity (Wildman–Crippen MR) is 85.4 cm³/mol. The first-order valence-corrected chi connectivity index (χ1v) is 7.67. The van der Waals surface area contributed by atoms with E-state index in [0.717, 1.165) is 11.1 Å². The Morgan fingerprint density at radius 3 is 2.54 bits per heavy atom. The molecule has 1 aliphatic rings. The monoisotopic (exact) mass is 334 g/mol. The number of benzene rings is 1. The Labute approximate surface area is 139 Å². The second kappa shape index (κ2) is 7.25. The minimum absolute atomic E-state index is 0.125. The highest BCUT2D eigenvalue weighted by Crippen LogP contribution is 2.35. The van der Waals surface area contributed by atoms with Gasteiger partial charge in [-0.05, 0) is 42.2 Å². The van der Waals surface area contributed by atoms with Gasteiger partial charge in [-0.1, -0.05) is 6.92 Å². The number of nitrogens with one attached hydrogen (secondary N) is 2. The molecule has 0 saturated heterocycles. The van der Waals surface area contributed by atoms with Gasteiger partial charge >= 0.3 is 12.0 Å². The highest BCUT2D eigenvalue weighted by molar-refractivity contribution is 6.19. The third-order valence-electron chi connectivity index (χ3n) is 3.65. The van der Waals surface area contributed by atoms with Gasteiger partial charge in [-0.3, -0.25) is 10.1 Å². The van der Waals surface area contributed by atoms with Gasteiger partial charge in [0.1, 0.15) is 5.82 Å². The van der Waals surface area contributed by atoms with E-state index in [-0.39, 0.29) is 18.6 Å². The van der Waals surface area contributed by atoms with Gasteiger partial charge in [-0.15, -0.1) is 0 Å². The van der Waals surface area contributed by atoms with Gasteiger partial charge in [0.05, 0.1) is 12.2 Å². The maximum atomic E-state index is 13.9. The zero-order valence-electron chi connectivity index (χ0n) is 13.8. The van der Waals surface area contributed by atoms with E-state index in [1.165, 1.54) is 19.1 Å². The Kier molecular flexibility index (Phi) is 5.33. The van der Waals surface area contributed by atoms with E-state index >= 15 is 0 Å². The number of ether oxygens (including phenoxy) is 1. The largest absolute Gasteiger partial charge is 0.462 e. The Hall–Kier alpha value is -2.70. The molecule has 0 fully saturated rings. The molecule has 6 nitrogen and oxygen atoms in total. The molecule has 2 N–H and O–H groups in total. The van der Waals surface area contributed by atoms with Crippen LogP contribution in [0, 0.1) is 5.82 Å². The second-order valence-corrected chi connectivity index (χ2v) is 5.33. The van der Waals surface area contributed by atoms with Crippen molar-refractivity contribution in [2.45, 2.75) is 33.6 Å². The van der Waals surface area contributed by atoms with Crippen molar-refractivity contribution in [3.8, 4) is 0 Å². The minimum atomic E-state index is -0.745. The molecule has 24 heavy (non-hydrogen) atoms. The summed E-state index contributed by atoms with van der Waals surface area (Å²) in [6, 6.07) is 1.93. The quantitative estimate of drug-likeness (QED) is 0.826. The number of aryl methyl sites for hydroxylation is 1. The zero-order chi connectivity index (χ0) is 17.9. The normalized spacial score (nSPS) is 12.7. The molecule has 1 aromatic carbocycles. The van der Waals surface area contributed by atoms with Crippen molar-refractivity contribution in [3.63, 3.8) is 0 Å². The van der Waals surface area contributed by atoms with E-state index in [1.807, 2.05) is 6.92 Å². The fourth-order valence-electron chi connectivity index (χ4n) is 2.74. The van der Waals surface area contributed by atoms with Crippen LogP contribution in [0.4, 0.5) is 9.18 Å². The number of carbonyl (C=O) groups is 3. The number of fused-ring (bicyclic) bond motifs is 1. The molecule has 0 aromatic heterocycles. The lowest BCUT2D eigenvalue weighted by Gasteiger charge is -2.09. The molecule has 0 radical (unpaired) electrons. The average molecular weight is 334 g/mol. The van der Waals surface area contributed by atoms with Crippen molar-refractivity contribution in [3.05, 3.63) is 40.3 Å². The topological polar surface area (TPSA) is 84.5 Å². The van der Waals surface area contributed by atoms with Gasteiger partial charge in [-0.25, -0.2) is 14.0 Å². The third kappa shape index (κ3) is 3.61. The van der Waals surface area contributed by atoms with Gasteiger partial charge < -0.3 is 10.1 Å². The predicted octanol–water partition coefficient (Wildman–Crippen LogP) is 2.06. The van der Waals surface area contributed by atoms with Gasteiger partial charge in [0.2, 0.25) is 5.91 Å².